The second-order valence-electron chi connectivity index (χ2n) is 25.6. The molecule has 0 amide bonds. The van der Waals surface area contributed by atoms with Crippen LogP contribution in [0.1, 0.15) is 322 Å². The van der Waals surface area contributed by atoms with Gasteiger partial charge in [0.15, 0.2) is 6.10 Å². The highest BCUT2D eigenvalue weighted by atomic mass is 31.2. The summed E-state index contributed by atoms with van der Waals surface area (Å²) in [4.78, 5) is 38.1. The number of likely N-dealkylation sites (N-methyl/N-ethyl adjacent to an activating group) is 1. The third-order valence-electron chi connectivity index (χ3n) is 15.8. The quantitative estimate of drug-likeness (QED) is 0.0195. The number of esters is 2. The van der Waals surface area contributed by atoms with Crippen LogP contribution in [0.5, 0.6) is 0 Å². The lowest BCUT2D eigenvalue weighted by atomic mass is 10.0. The Morgan fingerprint density at radius 3 is 0.966 bits per heavy atom. The van der Waals surface area contributed by atoms with Gasteiger partial charge in [0.25, 0.3) is 7.82 Å². The molecule has 508 valence electrons. The van der Waals surface area contributed by atoms with E-state index in [-0.39, 0.29) is 32.0 Å². The largest absolute Gasteiger partial charge is 0.756 e. The van der Waals surface area contributed by atoms with E-state index < -0.39 is 26.5 Å². The molecule has 0 saturated carbocycles. The van der Waals surface area contributed by atoms with E-state index in [9.17, 15) is 19.0 Å². The number of rotatable bonds is 67. The summed E-state index contributed by atoms with van der Waals surface area (Å²) in [5.74, 6) is -0.828. The first-order valence-corrected chi connectivity index (χ1v) is 38.1. The number of phosphoric ester groups is 1. The lowest BCUT2D eigenvalue weighted by molar-refractivity contribution is -0.870. The number of hydrogen-bond donors (Lipinski definition) is 0. The van der Waals surface area contributed by atoms with Crippen LogP contribution in [0.4, 0.5) is 0 Å². The van der Waals surface area contributed by atoms with Crippen LogP contribution in [0, 0.1) is 0 Å². The minimum absolute atomic E-state index is 0.0342. The van der Waals surface area contributed by atoms with Crippen LogP contribution in [0.3, 0.4) is 0 Å². The minimum Gasteiger partial charge on any atom is -0.756 e. The summed E-state index contributed by atoms with van der Waals surface area (Å²) in [5, 5.41) is 0. The zero-order chi connectivity index (χ0) is 64.1. The molecule has 2 atom stereocenters. The van der Waals surface area contributed by atoms with E-state index in [1.165, 1.54) is 199 Å². The van der Waals surface area contributed by atoms with Crippen molar-refractivity contribution < 1.29 is 42.1 Å². The number of carbonyl (C=O) groups excluding carboxylic acids is 2. The van der Waals surface area contributed by atoms with Crippen LogP contribution in [-0.2, 0) is 32.7 Å². The van der Waals surface area contributed by atoms with E-state index >= 15 is 0 Å². The molecule has 10 heteroatoms. The Morgan fingerprint density at radius 1 is 0.364 bits per heavy atom. The van der Waals surface area contributed by atoms with E-state index in [0.717, 1.165) is 89.9 Å². The number of quaternary nitrogens is 1. The Hall–Kier alpha value is -3.33. The van der Waals surface area contributed by atoms with E-state index in [0.29, 0.717) is 17.4 Å². The van der Waals surface area contributed by atoms with Gasteiger partial charge in [0.1, 0.15) is 19.8 Å². The second kappa shape index (κ2) is 68.0. The molecule has 0 fully saturated rings. The smallest absolute Gasteiger partial charge is 0.306 e. The summed E-state index contributed by atoms with van der Waals surface area (Å²) >= 11 is 0. The van der Waals surface area contributed by atoms with E-state index in [1.54, 1.807) is 0 Å². The van der Waals surface area contributed by atoms with Gasteiger partial charge in [0, 0.05) is 12.8 Å². The highest BCUT2D eigenvalue weighted by Crippen LogP contribution is 2.38. The van der Waals surface area contributed by atoms with E-state index in [2.05, 4.69) is 123 Å². The average Bonchev–Trinajstić information content (AvgIpc) is 3.68. The molecule has 0 aromatic carbocycles. The first kappa shape index (κ1) is 84.7. The van der Waals surface area contributed by atoms with Crippen LogP contribution < -0.4 is 4.89 Å². The van der Waals surface area contributed by atoms with Crippen molar-refractivity contribution >= 4 is 19.8 Å². The number of hydrogen-bond acceptors (Lipinski definition) is 8. The molecule has 88 heavy (non-hydrogen) atoms. The SMILES string of the molecule is CC/C=C\C/C=C\C/C=C\C/C=C\C/C=C\C/C=C\CCCCCCCCCCCCCCC(=O)OC(COC(=O)CCCCCCCCCCCCCCCCCCCC/C=C\C/C=C\C/C=C\CCCCCCC)COP(=O)([O-])OCC[N+](C)(C)C. The maximum absolute atomic E-state index is 12.9. The number of ether oxygens (including phenoxy) is 2. The normalized spacial score (nSPS) is 13.8. The molecule has 0 spiro atoms. The van der Waals surface area contributed by atoms with Crippen molar-refractivity contribution in [2.45, 2.75) is 328 Å². The van der Waals surface area contributed by atoms with Crippen LogP contribution in [0.2, 0.25) is 0 Å². The summed E-state index contributed by atoms with van der Waals surface area (Å²) in [7, 11) is 1.17. The summed E-state index contributed by atoms with van der Waals surface area (Å²) in [5.41, 5.74) is 0. The topological polar surface area (TPSA) is 111 Å². The monoisotopic (exact) mass is 1250 g/mol. The number of phosphoric acid groups is 1. The molecule has 0 N–H and O–H groups in total. The van der Waals surface area contributed by atoms with Gasteiger partial charge >= 0.3 is 11.9 Å². The van der Waals surface area contributed by atoms with Crippen molar-refractivity contribution in [3.05, 3.63) is 109 Å². The Bertz CT molecular complexity index is 1850. The van der Waals surface area contributed by atoms with Crippen molar-refractivity contribution in [2.24, 2.45) is 0 Å². The van der Waals surface area contributed by atoms with Crippen LogP contribution >= 0.6 is 7.82 Å². The lowest BCUT2D eigenvalue weighted by Crippen LogP contribution is -2.37. The van der Waals surface area contributed by atoms with Gasteiger partial charge in [-0.05, 0) is 103 Å². The zero-order valence-corrected chi connectivity index (χ0v) is 58.8. The van der Waals surface area contributed by atoms with Crippen LogP contribution in [-0.4, -0.2) is 70.0 Å². The highest BCUT2D eigenvalue weighted by Gasteiger charge is 2.22. The molecule has 0 aliphatic heterocycles. The number of carbonyl (C=O) groups is 2. The van der Waals surface area contributed by atoms with Gasteiger partial charge in [-0.25, -0.2) is 0 Å². The summed E-state index contributed by atoms with van der Waals surface area (Å²) in [6, 6.07) is 0. The van der Waals surface area contributed by atoms with Gasteiger partial charge in [-0.3, -0.25) is 14.2 Å². The molecule has 0 heterocycles. The molecular weight excluding hydrogens is 1110 g/mol. The summed E-state index contributed by atoms with van der Waals surface area (Å²) in [6.07, 6.45) is 96.0. The molecule has 9 nitrogen and oxygen atoms in total. The van der Waals surface area contributed by atoms with Gasteiger partial charge in [-0.2, -0.15) is 0 Å². The van der Waals surface area contributed by atoms with E-state index in [1.807, 2.05) is 21.1 Å². The first-order valence-electron chi connectivity index (χ1n) is 36.6. The zero-order valence-electron chi connectivity index (χ0n) is 57.9. The van der Waals surface area contributed by atoms with Crippen molar-refractivity contribution in [2.75, 3.05) is 47.5 Å². The second-order valence-corrected chi connectivity index (χ2v) is 27.0. The van der Waals surface area contributed by atoms with Crippen molar-refractivity contribution in [3.8, 4) is 0 Å². The van der Waals surface area contributed by atoms with Gasteiger partial charge in [0.05, 0.1) is 27.7 Å². The lowest BCUT2D eigenvalue weighted by Gasteiger charge is -2.28. The molecule has 0 aromatic rings. The van der Waals surface area contributed by atoms with Gasteiger partial charge in [0.2, 0.25) is 0 Å². The van der Waals surface area contributed by atoms with Crippen LogP contribution in [0.25, 0.3) is 0 Å². The third kappa shape index (κ3) is 71.7. The Kier molecular flexibility index (Phi) is 65.5. The molecule has 0 bridgehead atoms. The maximum atomic E-state index is 12.9. The van der Waals surface area contributed by atoms with Crippen molar-refractivity contribution in [1.29, 1.82) is 0 Å². The molecule has 0 aromatic heterocycles. The minimum atomic E-state index is -4.65. The number of unbranched alkanes of at least 4 members (excludes halogenated alkanes) is 35. The Labute approximate surface area is 544 Å². The Morgan fingerprint density at radius 2 is 0.648 bits per heavy atom. The van der Waals surface area contributed by atoms with Gasteiger partial charge < -0.3 is 27.9 Å². The highest BCUT2D eigenvalue weighted by molar-refractivity contribution is 7.45. The molecule has 0 rings (SSSR count). The van der Waals surface area contributed by atoms with Gasteiger partial charge in [-0.15, -0.1) is 0 Å². The molecule has 2 unspecified atom stereocenters. The first-order chi connectivity index (χ1) is 43.0. The standard InChI is InChI=1S/C78H138NO8P/c1-6-8-10-12-14-16-18-20-22-24-26-28-30-32-34-36-38-39-41-42-44-46-48-50-52-54-56-58-60-62-64-66-68-70-77(80)84-74-76(75-86-88(82,83)85-73-72-79(3,4)5)87-78(81)71-69-67-65-63-61-59-57-55-53-51-49-47-45-43-40-37-35-33-31-29-27-25-23-21-19-17-15-13-11-9-7-2/h9,11,15,17-18,20-21,23-24,26-27,29-30,32-33,35,40,43,76H,6-8,10,12-14,16,19,22,25,28,31,34,36-39,41-42,44-75H2,1-5H3/b11-9-,17-15-,20-18-,23-21-,26-24-,29-27-,32-30-,35-33-,43-40-. The molecule has 0 aliphatic rings. The summed E-state index contributed by atoms with van der Waals surface area (Å²) in [6.45, 7) is 4.14. The average molecular weight is 1250 g/mol. The number of nitrogens with zero attached hydrogens (tertiary/aromatic N) is 1. The fourth-order valence-corrected chi connectivity index (χ4v) is 10.9. The Balaban J connectivity index is 4.03. The molecule has 0 aliphatic carbocycles. The third-order valence-corrected chi connectivity index (χ3v) is 16.7. The summed E-state index contributed by atoms with van der Waals surface area (Å²) < 4.78 is 34.4. The fourth-order valence-electron chi connectivity index (χ4n) is 10.2. The number of allylic oxidation sites excluding steroid dienone is 18. The van der Waals surface area contributed by atoms with Crippen molar-refractivity contribution in [1.82, 2.24) is 0 Å². The predicted octanol–water partition coefficient (Wildman–Crippen LogP) is 23.4. The maximum Gasteiger partial charge on any atom is 0.306 e. The van der Waals surface area contributed by atoms with Crippen LogP contribution in [0.15, 0.2) is 109 Å². The molecular formula is C78H138NO8P. The molecule has 0 radical (unpaired) electrons. The molecule has 0 saturated heterocycles. The predicted molar refractivity (Wildman–Crippen MR) is 378 cm³/mol. The van der Waals surface area contributed by atoms with E-state index in [4.69, 9.17) is 18.5 Å². The van der Waals surface area contributed by atoms with Crippen molar-refractivity contribution in [3.63, 3.8) is 0 Å². The van der Waals surface area contributed by atoms with Gasteiger partial charge in [-0.1, -0.05) is 316 Å². The fraction of sp³-hybridized carbons (Fsp3) is 0.744.